The van der Waals surface area contributed by atoms with Gasteiger partial charge >= 0.3 is 6.03 Å². The van der Waals surface area contributed by atoms with Gasteiger partial charge in [0, 0.05) is 6.20 Å². The molecule has 2 N–H and O–H groups in total. The summed E-state index contributed by atoms with van der Waals surface area (Å²) in [6.07, 6.45) is 1.91. The minimum atomic E-state index is -0.318. The molecule has 0 spiro atoms. The lowest BCUT2D eigenvalue weighted by atomic mass is 10.0. The number of carbonyl (C=O) groups is 1. The van der Waals surface area contributed by atoms with E-state index in [-0.39, 0.29) is 24.1 Å². The predicted octanol–water partition coefficient (Wildman–Crippen LogP) is 4.04. The summed E-state index contributed by atoms with van der Waals surface area (Å²) in [5, 5.41) is 14.4. The van der Waals surface area contributed by atoms with Gasteiger partial charge in [-0.2, -0.15) is 0 Å². The maximum atomic E-state index is 12.7. The second-order valence-corrected chi connectivity index (χ2v) is 6.97. The van der Waals surface area contributed by atoms with Gasteiger partial charge in [-0.15, -0.1) is 10.2 Å². The zero-order valence-electron chi connectivity index (χ0n) is 16.0. The number of fused-ring (bicyclic) bond motifs is 1. The van der Waals surface area contributed by atoms with E-state index in [1.165, 1.54) is 0 Å². The molecule has 0 saturated carbocycles. The van der Waals surface area contributed by atoms with Crippen LogP contribution in [0.5, 0.6) is 5.75 Å². The molecule has 2 heterocycles. The second-order valence-electron chi connectivity index (χ2n) is 6.97. The Kier molecular flexibility index (Phi) is 5.59. The van der Waals surface area contributed by atoms with Crippen molar-refractivity contribution in [3.8, 4) is 5.75 Å². The second kappa shape index (κ2) is 8.07. The van der Waals surface area contributed by atoms with Gasteiger partial charge in [0.05, 0.1) is 17.8 Å². The molecule has 2 amide bonds. The van der Waals surface area contributed by atoms with Gasteiger partial charge in [0.25, 0.3) is 0 Å². The first-order valence-corrected chi connectivity index (χ1v) is 9.08. The van der Waals surface area contributed by atoms with E-state index in [4.69, 9.17) is 4.74 Å². The SMILES string of the molecule is CC(C)Oc1ccccc1NC(=O)NC(c1nnc2ccccn12)C(C)C. The highest BCUT2D eigenvalue weighted by Gasteiger charge is 2.24. The Morgan fingerprint density at radius 2 is 1.78 bits per heavy atom. The highest BCUT2D eigenvalue weighted by molar-refractivity contribution is 5.91. The molecule has 1 aromatic carbocycles. The van der Waals surface area contributed by atoms with Crippen molar-refractivity contribution in [2.24, 2.45) is 5.92 Å². The molecular weight excluding hydrogens is 342 g/mol. The fraction of sp³-hybridized carbons (Fsp3) is 0.350. The number of hydrogen-bond donors (Lipinski definition) is 2. The highest BCUT2D eigenvalue weighted by atomic mass is 16.5. The Bertz CT molecular complexity index is 919. The Morgan fingerprint density at radius 1 is 1.04 bits per heavy atom. The fourth-order valence-corrected chi connectivity index (χ4v) is 2.83. The quantitative estimate of drug-likeness (QED) is 0.689. The van der Waals surface area contributed by atoms with Crippen molar-refractivity contribution in [3.05, 3.63) is 54.5 Å². The van der Waals surface area contributed by atoms with E-state index in [1.807, 2.05) is 80.8 Å². The third kappa shape index (κ3) is 4.36. The van der Waals surface area contributed by atoms with E-state index < -0.39 is 0 Å². The van der Waals surface area contributed by atoms with E-state index in [0.29, 0.717) is 17.3 Å². The maximum Gasteiger partial charge on any atom is 0.319 e. The van der Waals surface area contributed by atoms with Crippen molar-refractivity contribution in [2.45, 2.75) is 39.8 Å². The molecular formula is C20H25N5O2. The number of urea groups is 1. The lowest BCUT2D eigenvalue weighted by molar-refractivity contribution is 0.239. The van der Waals surface area contributed by atoms with Crippen molar-refractivity contribution in [3.63, 3.8) is 0 Å². The number of rotatable bonds is 6. The summed E-state index contributed by atoms with van der Waals surface area (Å²) in [4.78, 5) is 12.7. The lowest BCUT2D eigenvalue weighted by Crippen LogP contribution is -2.36. The van der Waals surface area contributed by atoms with Crippen LogP contribution < -0.4 is 15.4 Å². The van der Waals surface area contributed by atoms with E-state index >= 15 is 0 Å². The molecule has 0 aliphatic heterocycles. The van der Waals surface area contributed by atoms with E-state index in [2.05, 4.69) is 20.8 Å². The minimum absolute atomic E-state index is 0.0155. The Hall–Kier alpha value is -3.09. The number of anilines is 1. The maximum absolute atomic E-state index is 12.7. The van der Waals surface area contributed by atoms with Crippen LogP contribution in [0, 0.1) is 5.92 Å². The zero-order chi connectivity index (χ0) is 19.4. The molecule has 3 rings (SSSR count). The van der Waals surface area contributed by atoms with E-state index in [1.54, 1.807) is 0 Å². The Balaban J connectivity index is 1.79. The van der Waals surface area contributed by atoms with Gasteiger partial charge < -0.3 is 15.4 Å². The first-order chi connectivity index (χ1) is 13.0. The average molecular weight is 367 g/mol. The molecule has 0 aliphatic rings. The van der Waals surface area contributed by atoms with Crippen molar-refractivity contribution in [1.29, 1.82) is 0 Å². The van der Waals surface area contributed by atoms with Gasteiger partial charge in [-0.1, -0.05) is 32.0 Å². The van der Waals surface area contributed by atoms with Crippen LogP contribution in [0.25, 0.3) is 5.65 Å². The van der Waals surface area contributed by atoms with Crippen LogP contribution >= 0.6 is 0 Å². The van der Waals surface area contributed by atoms with Crippen LogP contribution in [0.1, 0.15) is 39.6 Å². The summed E-state index contributed by atoms with van der Waals surface area (Å²) in [6.45, 7) is 7.96. The number of amides is 2. The number of nitrogens with one attached hydrogen (secondary N) is 2. The minimum Gasteiger partial charge on any atom is -0.489 e. The smallest absolute Gasteiger partial charge is 0.319 e. The van der Waals surface area contributed by atoms with Crippen LogP contribution in [0.15, 0.2) is 48.7 Å². The summed E-state index contributed by atoms with van der Waals surface area (Å²) in [7, 11) is 0. The first-order valence-electron chi connectivity index (χ1n) is 9.08. The van der Waals surface area contributed by atoms with E-state index in [9.17, 15) is 4.79 Å². The molecule has 1 atom stereocenters. The van der Waals surface area contributed by atoms with Crippen LogP contribution in [0.4, 0.5) is 10.5 Å². The first kappa shape index (κ1) is 18.7. The summed E-state index contributed by atoms with van der Waals surface area (Å²) in [5.41, 5.74) is 1.37. The number of benzene rings is 1. The van der Waals surface area contributed by atoms with Crippen LogP contribution in [0.3, 0.4) is 0 Å². The topological polar surface area (TPSA) is 80.5 Å². The number of ether oxygens (including phenoxy) is 1. The van der Waals surface area contributed by atoms with Gasteiger partial charge in [0.1, 0.15) is 5.75 Å². The number of para-hydroxylation sites is 2. The fourth-order valence-electron chi connectivity index (χ4n) is 2.83. The molecule has 3 aromatic rings. The van der Waals surface area contributed by atoms with Crippen LogP contribution in [-0.2, 0) is 0 Å². The monoisotopic (exact) mass is 367 g/mol. The van der Waals surface area contributed by atoms with Gasteiger partial charge in [0.2, 0.25) is 0 Å². The molecule has 0 fully saturated rings. The number of pyridine rings is 1. The zero-order valence-corrected chi connectivity index (χ0v) is 16.0. The van der Waals surface area contributed by atoms with Gasteiger partial charge in [-0.05, 0) is 44.0 Å². The van der Waals surface area contributed by atoms with Crippen molar-refractivity contribution < 1.29 is 9.53 Å². The molecule has 0 aliphatic carbocycles. The van der Waals surface area contributed by atoms with Gasteiger partial charge in [0.15, 0.2) is 11.5 Å². The summed E-state index contributed by atoms with van der Waals surface area (Å²) in [5.74, 6) is 1.46. The van der Waals surface area contributed by atoms with Crippen LogP contribution in [-0.4, -0.2) is 26.7 Å². The molecule has 142 valence electrons. The summed E-state index contributed by atoms with van der Waals surface area (Å²) >= 11 is 0. The molecule has 0 saturated heterocycles. The largest absolute Gasteiger partial charge is 0.489 e. The molecule has 0 radical (unpaired) electrons. The molecule has 0 bridgehead atoms. The standard InChI is InChI=1S/C20H25N5O2/c1-13(2)18(19-24-23-17-11-7-8-12-25(17)19)22-20(26)21-15-9-5-6-10-16(15)27-14(3)4/h5-14,18H,1-4H3,(H2,21,22,26). The third-order valence-electron chi connectivity index (χ3n) is 4.07. The Morgan fingerprint density at radius 3 is 2.52 bits per heavy atom. The summed E-state index contributed by atoms with van der Waals surface area (Å²) < 4.78 is 7.65. The normalized spacial score (nSPS) is 12.4. The highest BCUT2D eigenvalue weighted by Crippen LogP contribution is 2.26. The third-order valence-corrected chi connectivity index (χ3v) is 4.07. The predicted molar refractivity (Wildman–Crippen MR) is 105 cm³/mol. The van der Waals surface area contributed by atoms with Crippen molar-refractivity contribution in [2.75, 3.05) is 5.32 Å². The van der Waals surface area contributed by atoms with Crippen molar-refractivity contribution >= 4 is 17.4 Å². The molecule has 1 unspecified atom stereocenters. The van der Waals surface area contributed by atoms with Gasteiger partial charge in [-0.25, -0.2) is 4.79 Å². The summed E-state index contributed by atoms with van der Waals surface area (Å²) in [6, 6.07) is 12.5. The Labute approximate surface area is 158 Å². The number of carbonyl (C=O) groups excluding carboxylic acids is 1. The van der Waals surface area contributed by atoms with E-state index in [0.717, 1.165) is 5.65 Å². The van der Waals surface area contributed by atoms with Gasteiger partial charge in [-0.3, -0.25) is 4.40 Å². The molecule has 2 aromatic heterocycles. The number of nitrogens with zero attached hydrogens (tertiary/aromatic N) is 3. The molecule has 7 heteroatoms. The molecule has 27 heavy (non-hydrogen) atoms. The lowest BCUT2D eigenvalue weighted by Gasteiger charge is -2.22. The number of aromatic nitrogens is 3. The van der Waals surface area contributed by atoms with Crippen molar-refractivity contribution in [1.82, 2.24) is 19.9 Å². The number of hydrogen-bond acceptors (Lipinski definition) is 4. The van der Waals surface area contributed by atoms with Crippen LogP contribution in [0.2, 0.25) is 0 Å². The average Bonchev–Trinajstić information content (AvgIpc) is 3.04. The molecule has 7 nitrogen and oxygen atoms in total.